The van der Waals surface area contributed by atoms with Crippen LogP contribution in [0.2, 0.25) is 0 Å². The molecule has 0 saturated carbocycles. The quantitative estimate of drug-likeness (QED) is 0.542. The third kappa shape index (κ3) is 6.11. The van der Waals surface area contributed by atoms with E-state index in [1.807, 2.05) is 6.07 Å². The zero-order valence-electron chi connectivity index (χ0n) is 17.2. The maximum Gasteiger partial charge on any atom is 0.253 e. The predicted molar refractivity (Wildman–Crippen MR) is 119 cm³/mol. The van der Waals surface area contributed by atoms with Crippen molar-refractivity contribution in [2.24, 2.45) is 0 Å². The van der Waals surface area contributed by atoms with Crippen molar-refractivity contribution in [3.05, 3.63) is 90.0 Å². The van der Waals surface area contributed by atoms with Crippen LogP contribution in [-0.2, 0) is 21.4 Å². The highest BCUT2D eigenvalue weighted by Gasteiger charge is 2.22. The van der Waals surface area contributed by atoms with E-state index in [2.05, 4.69) is 15.6 Å². The Morgan fingerprint density at radius 1 is 1.06 bits per heavy atom. The molecule has 2 aromatic carbocycles. The fourth-order valence-electron chi connectivity index (χ4n) is 2.92. The van der Waals surface area contributed by atoms with Crippen LogP contribution in [0.3, 0.4) is 0 Å². The summed E-state index contributed by atoms with van der Waals surface area (Å²) >= 11 is 0. The highest BCUT2D eigenvalue weighted by atomic mass is 32.2. The second kappa shape index (κ2) is 10.0. The van der Waals surface area contributed by atoms with Gasteiger partial charge in [-0.2, -0.15) is 0 Å². The minimum absolute atomic E-state index is 0.0187. The third-order valence-corrected chi connectivity index (χ3v) is 5.55. The molecule has 0 radical (unpaired) electrons. The molecule has 1 aromatic heterocycles. The van der Waals surface area contributed by atoms with Crippen molar-refractivity contribution in [2.45, 2.75) is 6.54 Å². The Labute approximate surface area is 185 Å². The molecule has 10 heteroatoms. The zero-order chi connectivity index (χ0) is 23.1. The Bertz CT molecular complexity index is 1220. The summed E-state index contributed by atoms with van der Waals surface area (Å²) in [5.41, 5.74) is 1.25. The Kier molecular flexibility index (Phi) is 7.16. The molecule has 0 spiro atoms. The second-order valence-electron chi connectivity index (χ2n) is 6.89. The number of pyridine rings is 1. The summed E-state index contributed by atoms with van der Waals surface area (Å²) in [6.45, 7) is -0.343. The van der Waals surface area contributed by atoms with E-state index in [0.29, 0.717) is 0 Å². The van der Waals surface area contributed by atoms with Gasteiger partial charge in [0.05, 0.1) is 23.2 Å². The van der Waals surface area contributed by atoms with Gasteiger partial charge in [-0.3, -0.25) is 18.9 Å². The van der Waals surface area contributed by atoms with E-state index in [1.165, 1.54) is 30.3 Å². The molecule has 0 saturated heterocycles. The number of anilines is 2. The number of carbonyl (C=O) groups is 2. The molecule has 166 valence electrons. The number of nitrogens with one attached hydrogen (secondary N) is 2. The fourth-order valence-corrected chi connectivity index (χ4v) is 3.77. The fraction of sp³-hybridized carbons (Fsp3) is 0.136. The number of hydrogen-bond donors (Lipinski definition) is 2. The smallest absolute Gasteiger partial charge is 0.253 e. The van der Waals surface area contributed by atoms with Crippen molar-refractivity contribution in [3.8, 4) is 0 Å². The lowest BCUT2D eigenvalue weighted by Gasteiger charge is -2.22. The number of para-hydroxylation sites is 1. The molecule has 3 rings (SSSR count). The van der Waals surface area contributed by atoms with Gasteiger partial charge < -0.3 is 10.6 Å². The number of halogens is 1. The first-order valence-electron chi connectivity index (χ1n) is 9.53. The number of aromatic nitrogens is 1. The van der Waals surface area contributed by atoms with Crippen molar-refractivity contribution in [1.29, 1.82) is 0 Å². The zero-order valence-corrected chi connectivity index (χ0v) is 18.0. The van der Waals surface area contributed by atoms with E-state index in [0.717, 1.165) is 22.2 Å². The van der Waals surface area contributed by atoms with Crippen molar-refractivity contribution < 1.29 is 22.4 Å². The standard InChI is InChI=1S/C22H21FN4O4S/c1-32(30,31)27(18-8-4-7-17(23)12-18)15-21(28)26-20-10-3-2-9-19(20)22(29)25-14-16-6-5-11-24-13-16/h2-13H,14-15H2,1H3,(H,25,29)(H,26,28). The van der Waals surface area contributed by atoms with Crippen LogP contribution in [0, 0.1) is 5.82 Å². The van der Waals surface area contributed by atoms with Crippen molar-refractivity contribution in [3.63, 3.8) is 0 Å². The predicted octanol–water partition coefficient (Wildman–Crippen LogP) is 2.56. The summed E-state index contributed by atoms with van der Waals surface area (Å²) in [6, 6.07) is 14.8. The first kappa shape index (κ1) is 22.9. The third-order valence-electron chi connectivity index (χ3n) is 4.41. The molecule has 3 aromatic rings. The van der Waals surface area contributed by atoms with Gasteiger partial charge in [0.2, 0.25) is 15.9 Å². The van der Waals surface area contributed by atoms with Gasteiger partial charge in [-0.15, -0.1) is 0 Å². The van der Waals surface area contributed by atoms with Crippen LogP contribution in [0.1, 0.15) is 15.9 Å². The normalized spacial score (nSPS) is 10.9. The van der Waals surface area contributed by atoms with Crippen LogP contribution < -0.4 is 14.9 Å². The van der Waals surface area contributed by atoms with Crippen LogP contribution in [0.25, 0.3) is 0 Å². The molecule has 0 bridgehead atoms. The molecule has 2 amide bonds. The van der Waals surface area contributed by atoms with Crippen LogP contribution in [-0.4, -0.2) is 38.0 Å². The largest absolute Gasteiger partial charge is 0.348 e. The minimum atomic E-state index is -3.87. The van der Waals surface area contributed by atoms with E-state index >= 15 is 0 Å². The monoisotopic (exact) mass is 456 g/mol. The van der Waals surface area contributed by atoms with Gasteiger partial charge in [0.25, 0.3) is 5.91 Å². The van der Waals surface area contributed by atoms with E-state index in [-0.39, 0.29) is 23.5 Å². The SMILES string of the molecule is CS(=O)(=O)N(CC(=O)Nc1ccccc1C(=O)NCc1cccnc1)c1cccc(F)c1. The molecule has 0 fully saturated rings. The molecule has 8 nitrogen and oxygen atoms in total. The van der Waals surface area contributed by atoms with Gasteiger partial charge >= 0.3 is 0 Å². The van der Waals surface area contributed by atoms with Gasteiger partial charge in [0, 0.05) is 18.9 Å². The summed E-state index contributed by atoms with van der Waals surface area (Å²) in [4.78, 5) is 29.2. The van der Waals surface area contributed by atoms with E-state index in [4.69, 9.17) is 0 Å². The van der Waals surface area contributed by atoms with E-state index < -0.39 is 34.2 Å². The molecule has 0 aliphatic rings. The van der Waals surface area contributed by atoms with Crippen LogP contribution in [0.5, 0.6) is 0 Å². The highest BCUT2D eigenvalue weighted by molar-refractivity contribution is 7.92. The molecule has 0 atom stereocenters. The Morgan fingerprint density at radius 2 is 1.84 bits per heavy atom. The average molecular weight is 456 g/mol. The summed E-state index contributed by atoms with van der Waals surface area (Å²) in [5.74, 6) is -1.74. The van der Waals surface area contributed by atoms with Gasteiger partial charge in [-0.05, 0) is 42.0 Å². The number of sulfonamides is 1. The number of nitrogens with zero attached hydrogens (tertiary/aromatic N) is 2. The molecule has 0 aliphatic heterocycles. The molecule has 0 unspecified atom stereocenters. The number of rotatable bonds is 8. The lowest BCUT2D eigenvalue weighted by atomic mass is 10.1. The maximum absolute atomic E-state index is 13.6. The Morgan fingerprint density at radius 3 is 2.53 bits per heavy atom. The molecular formula is C22H21FN4O4S. The lowest BCUT2D eigenvalue weighted by molar-refractivity contribution is -0.114. The van der Waals surface area contributed by atoms with Crippen molar-refractivity contribution in [1.82, 2.24) is 10.3 Å². The maximum atomic E-state index is 13.6. The van der Waals surface area contributed by atoms with Crippen LogP contribution >= 0.6 is 0 Å². The molecule has 2 N–H and O–H groups in total. The van der Waals surface area contributed by atoms with Crippen LogP contribution in [0.15, 0.2) is 73.1 Å². The number of benzene rings is 2. The van der Waals surface area contributed by atoms with Gasteiger partial charge in [0.1, 0.15) is 12.4 Å². The number of hydrogen-bond acceptors (Lipinski definition) is 5. The number of carbonyl (C=O) groups excluding carboxylic acids is 2. The topological polar surface area (TPSA) is 108 Å². The summed E-state index contributed by atoms with van der Waals surface area (Å²) in [5, 5.41) is 5.31. The molecule has 32 heavy (non-hydrogen) atoms. The summed E-state index contributed by atoms with van der Waals surface area (Å²) in [7, 11) is -3.87. The summed E-state index contributed by atoms with van der Waals surface area (Å²) in [6.07, 6.45) is 4.17. The summed E-state index contributed by atoms with van der Waals surface area (Å²) < 4.78 is 38.7. The minimum Gasteiger partial charge on any atom is -0.348 e. The van der Waals surface area contributed by atoms with Gasteiger partial charge in [-0.1, -0.05) is 24.3 Å². The van der Waals surface area contributed by atoms with Gasteiger partial charge in [-0.25, -0.2) is 12.8 Å². The lowest BCUT2D eigenvalue weighted by Crippen LogP contribution is -2.37. The Hall–Kier alpha value is -3.79. The first-order chi connectivity index (χ1) is 15.2. The van der Waals surface area contributed by atoms with Crippen molar-refractivity contribution >= 4 is 33.2 Å². The average Bonchev–Trinajstić information content (AvgIpc) is 2.76. The molecule has 0 aliphatic carbocycles. The van der Waals surface area contributed by atoms with E-state index in [9.17, 15) is 22.4 Å². The van der Waals surface area contributed by atoms with Crippen LogP contribution in [0.4, 0.5) is 15.8 Å². The Balaban J connectivity index is 1.74. The highest BCUT2D eigenvalue weighted by Crippen LogP contribution is 2.20. The molecular weight excluding hydrogens is 435 g/mol. The molecule has 1 heterocycles. The first-order valence-corrected chi connectivity index (χ1v) is 11.4. The number of amides is 2. The van der Waals surface area contributed by atoms with E-state index in [1.54, 1.807) is 30.6 Å². The second-order valence-corrected chi connectivity index (χ2v) is 8.79. The van der Waals surface area contributed by atoms with Crippen molar-refractivity contribution in [2.75, 3.05) is 22.4 Å². The van der Waals surface area contributed by atoms with Gasteiger partial charge in [0.15, 0.2) is 0 Å².